The Morgan fingerprint density at radius 2 is 1.50 bits per heavy atom. The van der Waals surface area contributed by atoms with Crippen LogP contribution in [-0.4, -0.2) is 35.1 Å². The van der Waals surface area contributed by atoms with E-state index in [0.29, 0.717) is 0 Å². The third kappa shape index (κ3) is 7.50. The zero-order valence-corrected chi connectivity index (χ0v) is 20.0. The van der Waals surface area contributed by atoms with Crippen molar-refractivity contribution in [2.75, 3.05) is 0 Å². The minimum absolute atomic E-state index is 0.0597. The molecule has 0 saturated carbocycles. The molecule has 0 spiro atoms. The number of rotatable bonds is 10. The number of hydrogen-bond acceptors (Lipinski definition) is 3. The summed E-state index contributed by atoms with van der Waals surface area (Å²) in [6.45, 7) is 24.4. The van der Waals surface area contributed by atoms with Gasteiger partial charge in [0.15, 0.2) is 16.6 Å². The van der Waals surface area contributed by atoms with Gasteiger partial charge in [0, 0.05) is 11.8 Å². The molecule has 0 fully saturated rings. The minimum Gasteiger partial charge on any atom is -0.414 e. The molecule has 0 unspecified atom stereocenters. The van der Waals surface area contributed by atoms with Gasteiger partial charge in [-0.25, -0.2) is 0 Å². The van der Waals surface area contributed by atoms with Gasteiger partial charge in [0.25, 0.3) is 0 Å². The van der Waals surface area contributed by atoms with Crippen LogP contribution in [-0.2, 0) is 13.6 Å². The lowest BCUT2D eigenvalue weighted by atomic mass is 9.88. The normalized spacial score (nSPS) is 18.8. The maximum absolute atomic E-state index is 11.5. The average Bonchev–Trinajstić information content (AvgIpc) is 2.40. The molecule has 0 aliphatic rings. The standard InChI is InChI=1S/C19H42O3Si2/c1-12-13-17(21-24(10,11)19(4,5)6)16(3)18(15(2)14-20)22-23(7,8)9/h14-18H,12-13H2,1-11H3/t15-,16-,17+,18+/m0/s1. The summed E-state index contributed by atoms with van der Waals surface area (Å²) in [4.78, 5) is 11.5. The second kappa shape index (κ2) is 9.10. The Balaban J connectivity index is 5.48. The van der Waals surface area contributed by atoms with Crippen LogP contribution in [0.15, 0.2) is 0 Å². The fourth-order valence-corrected chi connectivity index (χ4v) is 5.35. The topological polar surface area (TPSA) is 35.5 Å². The van der Waals surface area contributed by atoms with E-state index in [2.05, 4.69) is 67.4 Å². The smallest absolute Gasteiger partial charge is 0.192 e. The first-order valence-electron chi connectivity index (χ1n) is 9.47. The molecule has 144 valence electrons. The Morgan fingerprint density at radius 1 is 1.00 bits per heavy atom. The molecular weight excluding hydrogens is 332 g/mol. The number of carbonyl (C=O) groups excluding carboxylic acids is 1. The third-order valence-electron chi connectivity index (χ3n) is 5.15. The Morgan fingerprint density at radius 3 is 1.83 bits per heavy atom. The van der Waals surface area contributed by atoms with Crippen molar-refractivity contribution in [2.45, 2.75) is 104 Å². The SMILES string of the molecule is CCC[C@@H](O[Si](C)(C)C(C)(C)C)[C@H](C)[C@H](O[Si](C)(C)C)[C@@H](C)C=O. The summed E-state index contributed by atoms with van der Waals surface area (Å²) >= 11 is 0. The van der Waals surface area contributed by atoms with Gasteiger partial charge in [-0.2, -0.15) is 0 Å². The molecule has 0 N–H and O–H groups in total. The number of hydrogen-bond donors (Lipinski definition) is 0. The predicted molar refractivity (Wildman–Crippen MR) is 110 cm³/mol. The average molecular weight is 375 g/mol. The number of carbonyl (C=O) groups is 1. The van der Waals surface area contributed by atoms with Crippen LogP contribution < -0.4 is 0 Å². The largest absolute Gasteiger partial charge is 0.414 e. The molecule has 5 heteroatoms. The molecule has 0 heterocycles. The highest BCUT2D eigenvalue weighted by molar-refractivity contribution is 6.74. The van der Waals surface area contributed by atoms with Crippen LogP contribution in [0.25, 0.3) is 0 Å². The van der Waals surface area contributed by atoms with Crippen LogP contribution in [0.4, 0.5) is 0 Å². The van der Waals surface area contributed by atoms with E-state index in [1.165, 1.54) is 0 Å². The van der Waals surface area contributed by atoms with Crippen molar-refractivity contribution in [1.82, 2.24) is 0 Å². The predicted octanol–water partition coefficient (Wildman–Crippen LogP) is 5.87. The molecule has 0 aromatic heterocycles. The Kier molecular flexibility index (Phi) is 9.11. The molecule has 0 radical (unpaired) electrons. The van der Waals surface area contributed by atoms with Crippen molar-refractivity contribution in [3.8, 4) is 0 Å². The monoisotopic (exact) mass is 374 g/mol. The van der Waals surface area contributed by atoms with Gasteiger partial charge in [-0.3, -0.25) is 0 Å². The zero-order chi connectivity index (χ0) is 19.3. The van der Waals surface area contributed by atoms with Gasteiger partial charge in [-0.1, -0.05) is 48.0 Å². The van der Waals surface area contributed by atoms with E-state index in [4.69, 9.17) is 8.85 Å². The molecular formula is C19H42O3Si2. The molecule has 3 nitrogen and oxygen atoms in total. The Bertz CT molecular complexity index is 383. The van der Waals surface area contributed by atoms with E-state index < -0.39 is 16.6 Å². The summed E-state index contributed by atoms with van der Waals surface area (Å²) in [5, 5.41) is 0.185. The van der Waals surface area contributed by atoms with Crippen molar-refractivity contribution < 1.29 is 13.6 Å². The highest BCUT2D eigenvalue weighted by Gasteiger charge is 2.42. The van der Waals surface area contributed by atoms with Gasteiger partial charge in [0.1, 0.15) is 6.29 Å². The maximum atomic E-state index is 11.5. The second-order valence-electron chi connectivity index (χ2n) is 9.75. The molecule has 24 heavy (non-hydrogen) atoms. The summed E-state index contributed by atoms with van der Waals surface area (Å²) < 4.78 is 13.2. The van der Waals surface area contributed by atoms with E-state index in [-0.39, 0.29) is 29.1 Å². The van der Waals surface area contributed by atoms with Crippen molar-refractivity contribution in [3.05, 3.63) is 0 Å². The van der Waals surface area contributed by atoms with E-state index in [9.17, 15) is 4.79 Å². The molecule has 0 aliphatic heterocycles. The van der Waals surface area contributed by atoms with E-state index in [1.54, 1.807) is 0 Å². The van der Waals surface area contributed by atoms with Gasteiger partial charge in [0.2, 0.25) is 0 Å². The van der Waals surface area contributed by atoms with Crippen LogP contribution in [0, 0.1) is 11.8 Å². The van der Waals surface area contributed by atoms with Gasteiger partial charge in [-0.05, 0) is 44.2 Å². The zero-order valence-electron chi connectivity index (χ0n) is 18.0. The van der Waals surface area contributed by atoms with Gasteiger partial charge >= 0.3 is 0 Å². The molecule has 0 aliphatic carbocycles. The second-order valence-corrected chi connectivity index (χ2v) is 19.0. The summed E-state index contributed by atoms with van der Waals surface area (Å²) in [6, 6.07) is 0. The quantitative estimate of drug-likeness (QED) is 0.354. The van der Waals surface area contributed by atoms with Gasteiger partial charge in [-0.15, -0.1) is 0 Å². The van der Waals surface area contributed by atoms with E-state index >= 15 is 0 Å². The fourth-order valence-electron chi connectivity index (χ4n) is 2.66. The first-order valence-corrected chi connectivity index (χ1v) is 15.8. The van der Waals surface area contributed by atoms with Crippen LogP contribution in [0.1, 0.15) is 54.4 Å². The molecule has 0 amide bonds. The van der Waals surface area contributed by atoms with E-state index in [1.807, 2.05) is 6.92 Å². The summed E-state index contributed by atoms with van der Waals surface area (Å²) in [5.74, 6) is 0.111. The third-order valence-corrected chi connectivity index (χ3v) is 10.6. The van der Waals surface area contributed by atoms with Gasteiger partial charge in [0.05, 0.1) is 12.2 Å². The lowest BCUT2D eigenvalue weighted by molar-refractivity contribution is -0.115. The summed E-state index contributed by atoms with van der Waals surface area (Å²) in [6.07, 6.45) is 3.23. The first kappa shape index (κ1) is 24.0. The summed E-state index contributed by atoms with van der Waals surface area (Å²) in [7, 11) is -3.58. The molecule has 0 aromatic carbocycles. The Labute approximate surface area is 153 Å². The van der Waals surface area contributed by atoms with Crippen LogP contribution >= 0.6 is 0 Å². The maximum Gasteiger partial charge on any atom is 0.192 e. The molecule has 4 atom stereocenters. The lowest BCUT2D eigenvalue weighted by Crippen LogP contribution is -2.50. The minimum atomic E-state index is -1.85. The molecule has 0 aromatic rings. The Hall–Kier alpha value is 0.0238. The van der Waals surface area contributed by atoms with Crippen molar-refractivity contribution in [2.24, 2.45) is 11.8 Å². The van der Waals surface area contributed by atoms with Crippen molar-refractivity contribution >= 4 is 22.9 Å². The van der Waals surface area contributed by atoms with Crippen molar-refractivity contribution in [3.63, 3.8) is 0 Å². The first-order chi connectivity index (χ1) is 10.7. The molecule has 0 saturated heterocycles. The van der Waals surface area contributed by atoms with E-state index in [0.717, 1.165) is 19.1 Å². The molecule has 0 rings (SSSR count). The van der Waals surface area contributed by atoms with Crippen LogP contribution in [0.2, 0.25) is 37.8 Å². The highest BCUT2D eigenvalue weighted by atomic mass is 28.4. The van der Waals surface area contributed by atoms with Crippen LogP contribution in [0.3, 0.4) is 0 Å². The molecule has 0 bridgehead atoms. The van der Waals surface area contributed by atoms with Gasteiger partial charge < -0.3 is 13.6 Å². The van der Waals surface area contributed by atoms with Crippen LogP contribution in [0.5, 0.6) is 0 Å². The summed E-state index contributed by atoms with van der Waals surface area (Å²) in [5.41, 5.74) is 0. The lowest BCUT2D eigenvalue weighted by Gasteiger charge is -2.43. The number of aldehydes is 1. The highest BCUT2D eigenvalue weighted by Crippen LogP contribution is 2.39. The van der Waals surface area contributed by atoms with Crippen molar-refractivity contribution in [1.29, 1.82) is 0 Å². The fraction of sp³-hybridized carbons (Fsp3) is 0.947.